The number of nitrogens with zero attached hydrogens (tertiary/aromatic N) is 4. The molecule has 0 spiro atoms. The molecule has 0 radical (unpaired) electrons. The zero-order valence-electron chi connectivity index (χ0n) is 18.0. The van der Waals surface area contributed by atoms with E-state index in [2.05, 4.69) is 37.7 Å². The summed E-state index contributed by atoms with van der Waals surface area (Å²) >= 11 is 1.70. The Balaban J connectivity index is 1.35. The monoisotopic (exact) mass is 420 g/mol. The molecular weight excluding hydrogens is 384 g/mol. The summed E-state index contributed by atoms with van der Waals surface area (Å²) < 4.78 is 0. The quantitative estimate of drug-likeness (QED) is 0.496. The standard InChI is InChI=1S/C21H36N6OS/c1-3-22-21(23-9-8-19-16-29-17(2)25-19)24-10-11-26-12-14-27(15-13-26)20(28)18-6-4-5-7-18/h16,18H,3-15H2,1-2H3,(H2,22,23,24). The Morgan fingerprint density at radius 1 is 1.24 bits per heavy atom. The van der Waals surface area contributed by atoms with Crippen LogP contribution in [0.4, 0.5) is 0 Å². The molecule has 3 rings (SSSR count). The Bertz CT molecular complexity index is 662. The molecule has 8 heteroatoms. The number of thiazole rings is 1. The zero-order chi connectivity index (χ0) is 20.5. The third-order valence-electron chi connectivity index (χ3n) is 5.76. The lowest BCUT2D eigenvalue weighted by molar-refractivity contribution is -0.137. The van der Waals surface area contributed by atoms with E-state index in [9.17, 15) is 4.79 Å². The fourth-order valence-corrected chi connectivity index (χ4v) is 4.75. The van der Waals surface area contributed by atoms with Gasteiger partial charge in [0.25, 0.3) is 0 Å². The Morgan fingerprint density at radius 3 is 2.66 bits per heavy atom. The van der Waals surface area contributed by atoms with Gasteiger partial charge in [-0.15, -0.1) is 11.3 Å². The number of hydrogen-bond donors (Lipinski definition) is 2. The molecule has 7 nitrogen and oxygen atoms in total. The van der Waals surface area contributed by atoms with E-state index in [1.54, 1.807) is 11.3 Å². The highest BCUT2D eigenvalue weighted by atomic mass is 32.1. The van der Waals surface area contributed by atoms with Crippen molar-refractivity contribution in [1.29, 1.82) is 0 Å². The largest absolute Gasteiger partial charge is 0.357 e. The molecule has 1 saturated carbocycles. The molecule has 1 saturated heterocycles. The lowest BCUT2D eigenvalue weighted by Crippen LogP contribution is -2.50. The van der Waals surface area contributed by atoms with Crippen LogP contribution in [0.3, 0.4) is 0 Å². The Labute approximate surface area is 179 Å². The molecule has 2 heterocycles. The number of carbonyl (C=O) groups excluding carboxylic acids is 1. The number of guanidine groups is 1. The van der Waals surface area contributed by atoms with E-state index in [1.807, 2.05) is 6.92 Å². The maximum atomic E-state index is 12.6. The van der Waals surface area contributed by atoms with E-state index in [0.29, 0.717) is 11.8 Å². The second kappa shape index (κ2) is 11.5. The van der Waals surface area contributed by atoms with Crippen LogP contribution in [-0.2, 0) is 11.2 Å². The summed E-state index contributed by atoms with van der Waals surface area (Å²) in [6, 6.07) is 0. The van der Waals surface area contributed by atoms with Gasteiger partial charge in [-0.05, 0) is 26.7 Å². The Kier molecular flexibility index (Phi) is 8.73. The first-order chi connectivity index (χ1) is 14.2. The van der Waals surface area contributed by atoms with E-state index < -0.39 is 0 Å². The predicted molar refractivity (Wildman–Crippen MR) is 120 cm³/mol. The zero-order valence-corrected chi connectivity index (χ0v) is 18.8. The highest BCUT2D eigenvalue weighted by Gasteiger charge is 2.29. The van der Waals surface area contributed by atoms with Crippen molar-refractivity contribution >= 4 is 23.2 Å². The van der Waals surface area contributed by atoms with Crippen LogP contribution < -0.4 is 10.6 Å². The first kappa shape index (κ1) is 22.0. The normalized spacial score (nSPS) is 19.0. The number of rotatable bonds is 8. The number of carbonyl (C=O) groups is 1. The second-order valence-electron chi connectivity index (χ2n) is 7.94. The fourth-order valence-electron chi connectivity index (χ4n) is 4.10. The van der Waals surface area contributed by atoms with Gasteiger partial charge >= 0.3 is 0 Å². The van der Waals surface area contributed by atoms with Crippen molar-refractivity contribution in [3.63, 3.8) is 0 Å². The van der Waals surface area contributed by atoms with Gasteiger partial charge in [0.2, 0.25) is 5.91 Å². The van der Waals surface area contributed by atoms with Gasteiger partial charge in [-0.1, -0.05) is 12.8 Å². The molecule has 1 aromatic rings. The van der Waals surface area contributed by atoms with Gasteiger partial charge in [0.1, 0.15) is 0 Å². The van der Waals surface area contributed by atoms with Gasteiger partial charge in [0.15, 0.2) is 5.96 Å². The molecule has 1 aliphatic carbocycles. The lowest BCUT2D eigenvalue weighted by atomic mass is 10.1. The molecule has 2 fully saturated rings. The molecular formula is C21H36N6OS. The first-order valence-electron chi connectivity index (χ1n) is 11.1. The highest BCUT2D eigenvalue weighted by Crippen LogP contribution is 2.26. The number of aromatic nitrogens is 1. The third-order valence-corrected chi connectivity index (χ3v) is 6.58. The van der Waals surface area contributed by atoms with E-state index in [0.717, 1.165) is 88.3 Å². The molecule has 2 N–H and O–H groups in total. The van der Waals surface area contributed by atoms with Crippen molar-refractivity contribution in [1.82, 2.24) is 25.4 Å². The number of nitrogens with one attached hydrogen (secondary N) is 2. The fraction of sp³-hybridized carbons (Fsp3) is 0.762. The summed E-state index contributed by atoms with van der Waals surface area (Å²) in [5.74, 6) is 1.57. The molecule has 0 aromatic carbocycles. The second-order valence-corrected chi connectivity index (χ2v) is 9.01. The minimum Gasteiger partial charge on any atom is -0.357 e. The topological polar surface area (TPSA) is 72.9 Å². The van der Waals surface area contributed by atoms with E-state index in [1.165, 1.54) is 12.8 Å². The molecule has 0 atom stereocenters. The minimum absolute atomic E-state index is 0.299. The first-order valence-corrected chi connectivity index (χ1v) is 12.0. The van der Waals surface area contributed by atoms with Crippen LogP contribution in [0.5, 0.6) is 0 Å². The van der Waals surface area contributed by atoms with Crippen molar-refractivity contribution in [3.8, 4) is 0 Å². The van der Waals surface area contributed by atoms with Crippen LogP contribution in [0.1, 0.15) is 43.3 Å². The average molecular weight is 421 g/mol. The molecule has 0 bridgehead atoms. The van der Waals surface area contributed by atoms with Crippen LogP contribution in [-0.4, -0.2) is 79.0 Å². The van der Waals surface area contributed by atoms with Gasteiger partial charge < -0.3 is 15.5 Å². The van der Waals surface area contributed by atoms with Crippen LogP contribution in [0.15, 0.2) is 10.4 Å². The molecule has 29 heavy (non-hydrogen) atoms. The van der Waals surface area contributed by atoms with Crippen LogP contribution in [0.25, 0.3) is 0 Å². The van der Waals surface area contributed by atoms with Gasteiger partial charge in [0.05, 0.1) is 17.2 Å². The number of aliphatic imine (C=N–C) groups is 1. The number of aryl methyl sites for hydroxylation is 1. The Hall–Kier alpha value is -1.67. The van der Waals surface area contributed by atoms with E-state index in [-0.39, 0.29) is 0 Å². The molecule has 1 amide bonds. The predicted octanol–water partition coefficient (Wildman–Crippen LogP) is 1.88. The van der Waals surface area contributed by atoms with Crippen molar-refractivity contribution in [3.05, 3.63) is 16.1 Å². The lowest BCUT2D eigenvalue weighted by Gasteiger charge is -2.35. The highest BCUT2D eigenvalue weighted by molar-refractivity contribution is 7.09. The molecule has 2 aliphatic rings. The molecule has 1 aliphatic heterocycles. The summed E-state index contributed by atoms with van der Waals surface area (Å²) in [6.45, 7) is 11.2. The van der Waals surface area contributed by atoms with Gasteiger partial charge in [-0.3, -0.25) is 14.7 Å². The van der Waals surface area contributed by atoms with Crippen molar-refractivity contribution in [2.24, 2.45) is 10.9 Å². The van der Waals surface area contributed by atoms with E-state index >= 15 is 0 Å². The third kappa shape index (κ3) is 6.96. The summed E-state index contributed by atoms with van der Waals surface area (Å²) in [5.41, 5.74) is 1.14. The summed E-state index contributed by atoms with van der Waals surface area (Å²) in [6.07, 6.45) is 5.54. The molecule has 162 valence electrons. The van der Waals surface area contributed by atoms with E-state index in [4.69, 9.17) is 4.99 Å². The van der Waals surface area contributed by atoms with Crippen molar-refractivity contribution in [2.75, 3.05) is 52.4 Å². The summed E-state index contributed by atoms with van der Waals surface area (Å²) in [7, 11) is 0. The summed E-state index contributed by atoms with van der Waals surface area (Å²) in [5, 5.41) is 9.96. The van der Waals surface area contributed by atoms with Gasteiger partial charge in [0, 0.05) is 63.5 Å². The number of piperazine rings is 1. The average Bonchev–Trinajstić information content (AvgIpc) is 3.40. The minimum atomic E-state index is 0.299. The SMILES string of the molecule is CCNC(=NCCN1CCN(C(=O)C2CCCC2)CC1)NCCc1csc(C)n1. The van der Waals surface area contributed by atoms with Gasteiger partial charge in [-0.2, -0.15) is 0 Å². The number of amides is 1. The van der Waals surface area contributed by atoms with Crippen LogP contribution >= 0.6 is 11.3 Å². The molecule has 0 unspecified atom stereocenters. The summed E-state index contributed by atoms with van der Waals surface area (Å²) in [4.78, 5) is 26.3. The van der Waals surface area contributed by atoms with Crippen LogP contribution in [0.2, 0.25) is 0 Å². The van der Waals surface area contributed by atoms with Crippen molar-refractivity contribution in [2.45, 2.75) is 46.0 Å². The van der Waals surface area contributed by atoms with Gasteiger partial charge in [-0.25, -0.2) is 4.98 Å². The van der Waals surface area contributed by atoms with Crippen LogP contribution in [0, 0.1) is 12.8 Å². The maximum absolute atomic E-state index is 12.6. The molecule has 1 aromatic heterocycles. The maximum Gasteiger partial charge on any atom is 0.225 e. The van der Waals surface area contributed by atoms with Crippen molar-refractivity contribution < 1.29 is 4.79 Å². The smallest absolute Gasteiger partial charge is 0.225 e. The Morgan fingerprint density at radius 2 is 2.00 bits per heavy atom. The number of hydrogen-bond acceptors (Lipinski definition) is 5.